The zero-order valence-electron chi connectivity index (χ0n) is 8.71. The summed E-state index contributed by atoms with van der Waals surface area (Å²) in [6.07, 6.45) is 1.55. The Morgan fingerprint density at radius 2 is 2.50 bits per heavy atom. The van der Waals surface area contributed by atoms with E-state index in [1.54, 1.807) is 18.4 Å². The van der Waals surface area contributed by atoms with Crippen LogP contribution in [-0.2, 0) is 4.79 Å². The zero-order valence-corrected chi connectivity index (χ0v) is 9.53. The van der Waals surface area contributed by atoms with E-state index in [2.05, 4.69) is 4.98 Å². The number of aliphatic carboxylic acids is 1. The van der Waals surface area contributed by atoms with Crippen molar-refractivity contribution in [3.8, 4) is 0 Å². The molecule has 2 aromatic rings. The summed E-state index contributed by atoms with van der Waals surface area (Å²) in [5.74, 6) is -0.489. The third-order valence-electron chi connectivity index (χ3n) is 2.20. The van der Waals surface area contributed by atoms with Crippen molar-refractivity contribution in [2.45, 2.75) is 19.3 Å². The van der Waals surface area contributed by atoms with Gasteiger partial charge in [-0.05, 0) is 19.1 Å². The lowest BCUT2D eigenvalue weighted by molar-refractivity contribution is -0.137. The van der Waals surface area contributed by atoms with Crippen LogP contribution in [0.2, 0.25) is 0 Å². The van der Waals surface area contributed by atoms with Gasteiger partial charge in [-0.25, -0.2) is 4.98 Å². The summed E-state index contributed by atoms with van der Waals surface area (Å²) >= 11 is 1.46. The van der Waals surface area contributed by atoms with Crippen molar-refractivity contribution in [2.24, 2.45) is 0 Å². The lowest BCUT2D eigenvalue weighted by Gasteiger charge is -2.08. The summed E-state index contributed by atoms with van der Waals surface area (Å²) in [6.45, 7) is 1.89. The third-order valence-corrected chi connectivity index (χ3v) is 3.28. The van der Waals surface area contributed by atoms with E-state index in [4.69, 9.17) is 9.52 Å². The highest BCUT2D eigenvalue weighted by atomic mass is 32.1. The number of aromatic nitrogens is 1. The molecule has 0 aromatic carbocycles. The van der Waals surface area contributed by atoms with Gasteiger partial charge in [-0.15, -0.1) is 11.3 Å². The van der Waals surface area contributed by atoms with Crippen molar-refractivity contribution in [1.29, 1.82) is 0 Å². The minimum absolute atomic E-state index is 0.000463. The third kappa shape index (κ3) is 2.30. The molecule has 2 rings (SSSR count). The Kier molecular flexibility index (Phi) is 3.05. The molecule has 1 N–H and O–H groups in total. The SMILES string of the molecule is Cc1csc(C(CC(=O)O)c2ccco2)n1. The van der Waals surface area contributed by atoms with Crippen LogP contribution in [0.4, 0.5) is 0 Å². The molecule has 0 aliphatic heterocycles. The smallest absolute Gasteiger partial charge is 0.304 e. The molecule has 0 aliphatic carbocycles. The number of aryl methyl sites for hydroxylation is 1. The van der Waals surface area contributed by atoms with E-state index in [1.807, 2.05) is 12.3 Å². The molecule has 0 aliphatic rings. The van der Waals surface area contributed by atoms with Gasteiger partial charge >= 0.3 is 5.97 Å². The zero-order chi connectivity index (χ0) is 11.5. The Morgan fingerprint density at radius 1 is 1.69 bits per heavy atom. The maximum atomic E-state index is 10.8. The number of carbonyl (C=O) groups is 1. The average molecular weight is 237 g/mol. The average Bonchev–Trinajstić information content (AvgIpc) is 2.84. The van der Waals surface area contributed by atoms with E-state index >= 15 is 0 Å². The van der Waals surface area contributed by atoms with Gasteiger partial charge in [0.25, 0.3) is 0 Å². The van der Waals surface area contributed by atoms with Crippen LogP contribution in [0.3, 0.4) is 0 Å². The number of thiazole rings is 1. The monoisotopic (exact) mass is 237 g/mol. The molecule has 0 saturated carbocycles. The molecule has 0 fully saturated rings. The molecular weight excluding hydrogens is 226 g/mol. The van der Waals surface area contributed by atoms with Gasteiger partial charge in [0, 0.05) is 11.1 Å². The van der Waals surface area contributed by atoms with Crippen LogP contribution in [0.15, 0.2) is 28.2 Å². The minimum Gasteiger partial charge on any atom is -0.481 e. The van der Waals surface area contributed by atoms with E-state index in [0.717, 1.165) is 10.7 Å². The molecule has 2 heterocycles. The topological polar surface area (TPSA) is 63.3 Å². The van der Waals surface area contributed by atoms with Crippen molar-refractivity contribution in [2.75, 3.05) is 0 Å². The molecule has 84 valence electrons. The number of carboxylic acids is 1. The van der Waals surface area contributed by atoms with E-state index in [9.17, 15) is 4.79 Å². The first-order valence-electron chi connectivity index (χ1n) is 4.84. The van der Waals surface area contributed by atoms with Crippen LogP contribution in [0.1, 0.15) is 28.8 Å². The van der Waals surface area contributed by atoms with E-state index in [0.29, 0.717) is 5.76 Å². The molecule has 1 atom stereocenters. The van der Waals surface area contributed by atoms with Crippen LogP contribution >= 0.6 is 11.3 Å². The van der Waals surface area contributed by atoms with Crippen molar-refractivity contribution >= 4 is 17.3 Å². The van der Waals surface area contributed by atoms with E-state index < -0.39 is 5.97 Å². The lowest BCUT2D eigenvalue weighted by atomic mass is 10.0. The van der Waals surface area contributed by atoms with Gasteiger partial charge in [-0.1, -0.05) is 0 Å². The van der Waals surface area contributed by atoms with Gasteiger partial charge in [-0.3, -0.25) is 4.79 Å². The fourth-order valence-corrected chi connectivity index (χ4v) is 2.41. The Bertz CT molecular complexity index is 475. The number of hydrogen-bond acceptors (Lipinski definition) is 4. The van der Waals surface area contributed by atoms with Gasteiger partial charge in [0.2, 0.25) is 0 Å². The largest absolute Gasteiger partial charge is 0.481 e. The predicted octanol–water partition coefficient (Wildman–Crippen LogP) is 2.65. The van der Waals surface area contributed by atoms with Crippen LogP contribution in [0.5, 0.6) is 0 Å². The number of rotatable bonds is 4. The normalized spacial score (nSPS) is 12.6. The highest BCUT2D eigenvalue weighted by molar-refractivity contribution is 7.09. The molecule has 0 amide bonds. The number of nitrogens with zero attached hydrogens (tertiary/aromatic N) is 1. The lowest BCUT2D eigenvalue weighted by Crippen LogP contribution is -2.07. The summed E-state index contributed by atoms with van der Waals surface area (Å²) in [6, 6.07) is 3.54. The van der Waals surface area contributed by atoms with Gasteiger partial charge in [0.1, 0.15) is 10.8 Å². The molecule has 1 unspecified atom stereocenters. The fourth-order valence-electron chi connectivity index (χ4n) is 1.51. The van der Waals surface area contributed by atoms with Crippen molar-refractivity contribution < 1.29 is 14.3 Å². The van der Waals surface area contributed by atoms with Crippen LogP contribution in [0.25, 0.3) is 0 Å². The van der Waals surface area contributed by atoms with Crippen LogP contribution in [-0.4, -0.2) is 16.1 Å². The molecule has 16 heavy (non-hydrogen) atoms. The first-order chi connectivity index (χ1) is 7.66. The molecule has 0 bridgehead atoms. The van der Waals surface area contributed by atoms with Crippen molar-refractivity contribution in [3.05, 3.63) is 40.2 Å². The number of furan rings is 1. The fraction of sp³-hybridized carbons (Fsp3) is 0.273. The second-order valence-corrected chi connectivity index (χ2v) is 4.38. The molecule has 0 saturated heterocycles. The second kappa shape index (κ2) is 4.49. The molecule has 5 heteroatoms. The molecular formula is C11H11NO3S. The highest BCUT2D eigenvalue weighted by Gasteiger charge is 2.23. The summed E-state index contributed by atoms with van der Waals surface area (Å²) in [4.78, 5) is 15.1. The minimum atomic E-state index is -0.853. The summed E-state index contributed by atoms with van der Waals surface area (Å²) < 4.78 is 5.26. The molecule has 2 aromatic heterocycles. The van der Waals surface area contributed by atoms with Gasteiger partial charge in [-0.2, -0.15) is 0 Å². The second-order valence-electron chi connectivity index (χ2n) is 3.49. The summed E-state index contributed by atoms with van der Waals surface area (Å²) in [5.41, 5.74) is 0.905. The van der Waals surface area contributed by atoms with Gasteiger partial charge in [0.15, 0.2) is 0 Å². The highest BCUT2D eigenvalue weighted by Crippen LogP contribution is 2.30. The van der Waals surface area contributed by atoms with Gasteiger partial charge < -0.3 is 9.52 Å². The quantitative estimate of drug-likeness (QED) is 0.887. The van der Waals surface area contributed by atoms with E-state index in [-0.39, 0.29) is 12.3 Å². The Balaban J connectivity index is 2.31. The predicted molar refractivity (Wildman–Crippen MR) is 59.7 cm³/mol. The molecule has 0 spiro atoms. The standard InChI is InChI=1S/C11H11NO3S/c1-7-6-16-11(12-7)8(5-10(13)14)9-3-2-4-15-9/h2-4,6,8H,5H2,1H3,(H,13,14). The Hall–Kier alpha value is -1.62. The Morgan fingerprint density at radius 3 is 3.00 bits per heavy atom. The Labute approximate surface area is 96.6 Å². The molecule has 0 radical (unpaired) electrons. The van der Waals surface area contributed by atoms with Gasteiger partial charge in [0.05, 0.1) is 18.6 Å². The number of hydrogen-bond donors (Lipinski definition) is 1. The van der Waals surface area contributed by atoms with Crippen molar-refractivity contribution in [3.63, 3.8) is 0 Å². The van der Waals surface area contributed by atoms with Crippen molar-refractivity contribution in [1.82, 2.24) is 4.98 Å². The van der Waals surface area contributed by atoms with Crippen LogP contribution < -0.4 is 0 Å². The summed E-state index contributed by atoms with van der Waals surface area (Å²) in [5, 5.41) is 11.6. The first kappa shape index (κ1) is 10.9. The van der Waals surface area contributed by atoms with E-state index in [1.165, 1.54) is 11.3 Å². The van der Waals surface area contributed by atoms with Crippen LogP contribution in [0, 0.1) is 6.92 Å². The maximum absolute atomic E-state index is 10.8. The number of carboxylic acid groups (broad SMARTS) is 1. The molecule has 4 nitrogen and oxygen atoms in total. The summed E-state index contributed by atoms with van der Waals surface area (Å²) in [7, 11) is 0. The maximum Gasteiger partial charge on any atom is 0.304 e. The first-order valence-corrected chi connectivity index (χ1v) is 5.72.